The summed E-state index contributed by atoms with van der Waals surface area (Å²) >= 11 is 0. The summed E-state index contributed by atoms with van der Waals surface area (Å²) in [5.41, 5.74) is 6.49. The van der Waals surface area contributed by atoms with E-state index in [9.17, 15) is 14.4 Å². The number of likely N-dealkylation sites (tertiary alicyclic amines) is 1. The lowest BCUT2D eigenvalue weighted by atomic mass is 10.1. The first kappa shape index (κ1) is 13.6. The standard InChI is InChI=1S/C15H17N3O3/c1-15(2)11-12(15)14(21)18(13(11)20)7-10(19)17-9-5-3-8(16)4-6-9/h3-6,11-12H,7,16H2,1-2H3,(H,17,19). The zero-order valence-electron chi connectivity index (χ0n) is 11.9. The number of hydrogen-bond acceptors (Lipinski definition) is 4. The summed E-state index contributed by atoms with van der Waals surface area (Å²) < 4.78 is 0. The van der Waals surface area contributed by atoms with Crippen molar-refractivity contribution in [3.63, 3.8) is 0 Å². The van der Waals surface area contributed by atoms with Gasteiger partial charge in [0, 0.05) is 11.4 Å². The van der Waals surface area contributed by atoms with Gasteiger partial charge in [0.15, 0.2) is 0 Å². The van der Waals surface area contributed by atoms with Gasteiger partial charge in [-0.2, -0.15) is 0 Å². The lowest BCUT2D eigenvalue weighted by Gasteiger charge is -2.19. The third-order valence-corrected chi connectivity index (χ3v) is 4.39. The average molecular weight is 287 g/mol. The summed E-state index contributed by atoms with van der Waals surface area (Å²) in [7, 11) is 0. The lowest BCUT2D eigenvalue weighted by molar-refractivity contribution is -0.145. The van der Waals surface area contributed by atoms with Crippen molar-refractivity contribution < 1.29 is 14.4 Å². The number of anilines is 2. The Morgan fingerprint density at radius 2 is 1.71 bits per heavy atom. The summed E-state index contributed by atoms with van der Waals surface area (Å²) in [5.74, 6) is -1.37. The van der Waals surface area contributed by atoms with Crippen LogP contribution in [0.2, 0.25) is 0 Å². The monoisotopic (exact) mass is 287 g/mol. The molecule has 1 saturated carbocycles. The first-order valence-corrected chi connectivity index (χ1v) is 6.83. The molecule has 1 aromatic carbocycles. The number of nitrogens with zero attached hydrogens (tertiary/aromatic N) is 1. The van der Waals surface area contributed by atoms with Gasteiger partial charge in [-0.25, -0.2) is 0 Å². The van der Waals surface area contributed by atoms with E-state index in [0.29, 0.717) is 11.4 Å². The maximum Gasteiger partial charge on any atom is 0.244 e. The second-order valence-electron chi connectivity index (χ2n) is 6.21. The van der Waals surface area contributed by atoms with E-state index in [1.807, 2.05) is 13.8 Å². The van der Waals surface area contributed by atoms with E-state index in [-0.39, 0.29) is 41.5 Å². The molecule has 110 valence electrons. The Hall–Kier alpha value is -2.37. The molecule has 0 aromatic heterocycles. The van der Waals surface area contributed by atoms with E-state index >= 15 is 0 Å². The largest absolute Gasteiger partial charge is 0.399 e. The molecule has 2 aliphatic rings. The van der Waals surface area contributed by atoms with Gasteiger partial charge in [-0.05, 0) is 29.7 Å². The molecule has 0 spiro atoms. The molecule has 1 aromatic rings. The predicted molar refractivity (Wildman–Crippen MR) is 77.0 cm³/mol. The second-order valence-corrected chi connectivity index (χ2v) is 6.21. The van der Waals surface area contributed by atoms with Crippen LogP contribution in [-0.4, -0.2) is 29.2 Å². The van der Waals surface area contributed by atoms with Crippen molar-refractivity contribution in [2.45, 2.75) is 13.8 Å². The molecule has 3 amide bonds. The summed E-state index contributed by atoms with van der Waals surface area (Å²) in [6.07, 6.45) is 0. The van der Waals surface area contributed by atoms with Crippen molar-refractivity contribution in [2.75, 3.05) is 17.6 Å². The van der Waals surface area contributed by atoms with Gasteiger partial charge in [0.05, 0.1) is 11.8 Å². The summed E-state index contributed by atoms with van der Waals surface area (Å²) in [5, 5.41) is 2.65. The normalized spacial score (nSPS) is 25.7. The number of nitrogens with two attached hydrogens (primary N) is 1. The van der Waals surface area contributed by atoms with Crippen LogP contribution in [0.25, 0.3) is 0 Å². The molecule has 3 rings (SSSR count). The molecule has 3 N–H and O–H groups in total. The topological polar surface area (TPSA) is 92.5 Å². The Bertz CT molecular complexity index is 612. The summed E-state index contributed by atoms with van der Waals surface area (Å²) in [6.45, 7) is 3.58. The molecule has 1 saturated heterocycles. The van der Waals surface area contributed by atoms with Crippen molar-refractivity contribution in [1.29, 1.82) is 0 Å². The molecule has 2 fully saturated rings. The van der Waals surface area contributed by atoms with Crippen molar-refractivity contribution in [2.24, 2.45) is 17.3 Å². The van der Waals surface area contributed by atoms with E-state index in [4.69, 9.17) is 5.73 Å². The van der Waals surface area contributed by atoms with Crippen molar-refractivity contribution >= 4 is 29.1 Å². The van der Waals surface area contributed by atoms with Crippen LogP contribution in [0.5, 0.6) is 0 Å². The minimum Gasteiger partial charge on any atom is -0.399 e. The molecule has 1 heterocycles. The molecule has 1 aliphatic heterocycles. The summed E-state index contributed by atoms with van der Waals surface area (Å²) in [6, 6.07) is 6.67. The number of piperidine rings is 1. The third kappa shape index (κ3) is 2.07. The van der Waals surface area contributed by atoms with Crippen LogP contribution < -0.4 is 11.1 Å². The molecular formula is C15H17N3O3. The fraction of sp³-hybridized carbons (Fsp3) is 0.400. The van der Waals surface area contributed by atoms with Crippen LogP contribution >= 0.6 is 0 Å². The smallest absolute Gasteiger partial charge is 0.244 e. The van der Waals surface area contributed by atoms with E-state index in [0.717, 1.165) is 4.90 Å². The Balaban J connectivity index is 1.63. The number of benzene rings is 1. The Labute approximate surface area is 122 Å². The minimum atomic E-state index is -0.388. The van der Waals surface area contributed by atoms with E-state index in [1.165, 1.54) is 0 Å². The third-order valence-electron chi connectivity index (χ3n) is 4.39. The van der Waals surface area contributed by atoms with Crippen molar-refractivity contribution in [1.82, 2.24) is 4.90 Å². The SMILES string of the molecule is CC1(C)C2C(=O)N(CC(=O)Nc3ccc(N)cc3)C(=O)C21. The van der Waals surface area contributed by atoms with E-state index < -0.39 is 0 Å². The molecule has 6 nitrogen and oxygen atoms in total. The van der Waals surface area contributed by atoms with Crippen LogP contribution in [-0.2, 0) is 14.4 Å². The maximum absolute atomic E-state index is 12.1. The molecule has 2 atom stereocenters. The molecule has 1 aliphatic carbocycles. The highest BCUT2D eigenvalue weighted by Gasteiger charge is 2.72. The molecular weight excluding hydrogens is 270 g/mol. The first-order valence-electron chi connectivity index (χ1n) is 6.83. The maximum atomic E-state index is 12.1. The highest BCUT2D eigenvalue weighted by molar-refractivity contribution is 6.12. The highest BCUT2D eigenvalue weighted by atomic mass is 16.2. The predicted octanol–water partition coefficient (Wildman–Crippen LogP) is 0.848. The van der Waals surface area contributed by atoms with E-state index in [2.05, 4.69) is 5.32 Å². The van der Waals surface area contributed by atoms with Crippen LogP contribution in [0.1, 0.15) is 13.8 Å². The second kappa shape index (κ2) is 4.31. The molecule has 6 heteroatoms. The fourth-order valence-electron chi connectivity index (χ4n) is 3.07. The van der Waals surface area contributed by atoms with E-state index in [1.54, 1.807) is 24.3 Å². The number of amides is 3. The molecule has 0 radical (unpaired) electrons. The van der Waals surface area contributed by atoms with Gasteiger partial charge in [-0.3, -0.25) is 19.3 Å². The van der Waals surface area contributed by atoms with Crippen molar-refractivity contribution in [3.8, 4) is 0 Å². The van der Waals surface area contributed by atoms with Crippen LogP contribution in [0.3, 0.4) is 0 Å². The number of imide groups is 1. The zero-order chi connectivity index (χ0) is 15.4. The van der Waals surface area contributed by atoms with Gasteiger partial charge in [-0.1, -0.05) is 13.8 Å². The fourth-order valence-corrected chi connectivity index (χ4v) is 3.07. The number of nitrogens with one attached hydrogen (secondary N) is 1. The molecule has 21 heavy (non-hydrogen) atoms. The number of carbonyl (C=O) groups excluding carboxylic acids is 3. The van der Waals surface area contributed by atoms with Gasteiger partial charge in [-0.15, -0.1) is 0 Å². The quantitative estimate of drug-likeness (QED) is 0.636. The lowest BCUT2D eigenvalue weighted by Crippen LogP contribution is -2.41. The Morgan fingerprint density at radius 1 is 1.19 bits per heavy atom. The van der Waals surface area contributed by atoms with Crippen LogP contribution in [0.15, 0.2) is 24.3 Å². The van der Waals surface area contributed by atoms with Gasteiger partial charge >= 0.3 is 0 Å². The van der Waals surface area contributed by atoms with Crippen LogP contribution in [0.4, 0.5) is 11.4 Å². The highest BCUT2D eigenvalue weighted by Crippen LogP contribution is 2.63. The minimum absolute atomic E-state index is 0.231. The number of carbonyl (C=O) groups is 3. The van der Waals surface area contributed by atoms with Gasteiger partial charge in [0.2, 0.25) is 17.7 Å². The van der Waals surface area contributed by atoms with Gasteiger partial charge in [0.25, 0.3) is 0 Å². The molecule has 2 unspecified atom stereocenters. The van der Waals surface area contributed by atoms with Gasteiger partial charge < -0.3 is 11.1 Å². The number of rotatable bonds is 3. The molecule has 0 bridgehead atoms. The average Bonchev–Trinajstić information content (AvgIpc) is 2.89. The number of hydrogen-bond donors (Lipinski definition) is 2. The zero-order valence-corrected chi connectivity index (χ0v) is 11.9. The Morgan fingerprint density at radius 3 is 2.24 bits per heavy atom. The van der Waals surface area contributed by atoms with Crippen molar-refractivity contribution in [3.05, 3.63) is 24.3 Å². The van der Waals surface area contributed by atoms with Gasteiger partial charge in [0.1, 0.15) is 6.54 Å². The summed E-state index contributed by atoms with van der Waals surface area (Å²) in [4.78, 5) is 37.2. The Kier molecular flexibility index (Phi) is 2.79. The number of fused-ring (bicyclic) bond motifs is 1. The first-order chi connectivity index (χ1) is 9.82. The number of nitrogen functional groups attached to an aromatic ring is 1. The van der Waals surface area contributed by atoms with Crippen LogP contribution in [0, 0.1) is 17.3 Å².